The van der Waals surface area contributed by atoms with Crippen LogP contribution in [-0.4, -0.2) is 10.2 Å². The molecule has 3 rings (SSSR count). The maximum atomic E-state index is 5.02. The molecule has 0 fully saturated rings. The standard InChI is InChI=1S/C7H6N2OS.C5H6.2C2H6/c1-5-2-3-6(11-5)7-9-8-4-10-7;1-2-4-5-3-1;2*1-2/h2-4H,1H3;1-4H,5H2;2*1-2H3. The van der Waals surface area contributed by atoms with Gasteiger partial charge in [0.1, 0.15) is 0 Å². The van der Waals surface area contributed by atoms with Gasteiger partial charge in [0.15, 0.2) is 0 Å². The highest BCUT2D eigenvalue weighted by molar-refractivity contribution is 7.15. The summed E-state index contributed by atoms with van der Waals surface area (Å²) in [6.07, 6.45) is 10.8. The Morgan fingerprint density at radius 3 is 2.05 bits per heavy atom. The van der Waals surface area contributed by atoms with E-state index in [2.05, 4.69) is 34.5 Å². The normalized spacial score (nSPS) is 10.7. The number of aryl methyl sites for hydroxylation is 1. The first-order chi connectivity index (χ1) is 9.86. The summed E-state index contributed by atoms with van der Waals surface area (Å²) < 4.78 is 5.02. The van der Waals surface area contributed by atoms with Crippen LogP contribution < -0.4 is 0 Å². The fraction of sp³-hybridized carbons (Fsp3) is 0.375. The van der Waals surface area contributed by atoms with Crippen molar-refractivity contribution in [1.82, 2.24) is 10.2 Å². The lowest BCUT2D eigenvalue weighted by Crippen LogP contribution is -1.69. The van der Waals surface area contributed by atoms with Crippen LogP contribution in [-0.2, 0) is 0 Å². The molecule has 2 aromatic heterocycles. The summed E-state index contributed by atoms with van der Waals surface area (Å²) in [5.74, 6) is 0.600. The molecule has 1 aliphatic carbocycles. The van der Waals surface area contributed by atoms with E-state index in [9.17, 15) is 0 Å². The summed E-state index contributed by atoms with van der Waals surface area (Å²) in [7, 11) is 0. The number of hydrogen-bond donors (Lipinski definition) is 0. The molecule has 0 radical (unpaired) electrons. The zero-order chi connectivity index (χ0) is 15.2. The van der Waals surface area contributed by atoms with Gasteiger partial charge >= 0.3 is 0 Å². The molecule has 3 nitrogen and oxygen atoms in total. The zero-order valence-corrected chi connectivity index (χ0v) is 13.8. The van der Waals surface area contributed by atoms with Crippen LogP contribution in [0.2, 0.25) is 0 Å². The first-order valence-electron chi connectivity index (χ1n) is 7.01. The lowest BCUT2D eigenvalue weighted by atomic mass is 10.4. The largest absolute Gasteiger partial charge is 0.423 e. The quantitative estimate of drug-likeness (QED) is 0.680. The highest BCUT2D eigenvalue weighted by atomic mass is 32.1. The van der Waals surface area contributed by atoms with E-state index in [4.69, 9.17) is 4.42 Å². The third kappa shape index (κ3) is 7.04. The van der Waals surface area contributed by atoms with Gasteiger partial charge in [-0.2, -0.15) is 0 Å². The van der Waals surface area contributed by atoms with E-state index in [-0.39, 0.29) is 0 Å². The highest BCUT2D eigenvalue weighted by Crippen LogP contribution is 2.24. The second-order valence-electron chi connectivity index (χ2n) is 3.25. The maximum absolute atomic E-state index is 5.02. The van der Waals surface area contributed by atoms with Gasteiger partial charge in [-0.1, -0.05) is 52.0 Å². The van der Waals surface area contributed by atoms with Crippen LogP contribution in [0.5, 0.6) is 0 Å². The van der Waals surface area contributed by atoms with E-state index in [1.807, 2.05) is 46.8 Å². The minimum absolute atomic E-state index is 0.600. The molecule has 0 spiro atoms. The number of nitrogens with zero attached hydrogens (tertiary/aromatic N) is 2. The Kier molecular flexibility index (Phi) is 11.3. The summed E-state index contributed by atoms with van der Waals surface area (Å²) >= 11 is 1.65. The number of allylic oxidation sites excluding steroid dienone is 4. The van der Waals surface area contributed by atoms with Gasteiger partial charge in [-0.3, -0.25) is 0 Å². The van der Waals surface area contributed by atoms with Crippen LogP contribution in [0.1, 0.15) is 39.0 Å². The van der Waals surface area contributed by atoms with Crippen LogP contribution in [0.4, 0.5) is 0 Å². The monoisotopic (exact) mass is 292 g/mol. The van der Waals surface area contributed by atoms with Gasteiger partial charge in [-0.15, -0.1) is 21.5 Å². The Labute approximate surface area is 126 Å². The van der Waals surface area contributed by atoms with Gasteiger partial charge in [-0.05, 0) is 25.5 Å². The molecule has 110 valence electrons. The lowest BCUT2D eigenvalue weighted by Gasteiger charge is -1.82. The SMILES string of the molecule is C1=CCC=C1.CC.CC.Cc1ccc(-c2nnco2)s1. The molecular formula is C16H24N2OS. The third-order valence-electron chi connectivity index (χ3n) is 1.97. The summed E-state index contributed by atoms with van der Waals surface area (Å²) in [6, 6.07) is 4.01. The Bertz CT molecular complexity index is 474. The van der Waals surface area contributed by atoms with Gasteiger partial charge in [0, 0.05) is 4.88 Å². The number of thiophene rings is 1. The van der Waals surface area contributed by atoms with Gasteiger partial charge in [0.25, 0.3) is 5.89 Å². The van der Waals surface area contributed by atoms with Crippen molar-refractivity contribution in [2.75, 3.05) is 0 Å². The predicted octanol–water partition coefficient (Wildman–Crippen LogP) is 5.66. The smallest absolute Gasteiger partial charge is 0.257 e. The molecule has 20 heavy (non-hydrogen) atoms. The molecule has 0 N–H and O–H groups in total. The van der Waals surface area contributed by atoms with Crippen LogP contribution >= 0.6 is 11.3 Å². The van der Waals surface area contributed by atoms with Gasteiger partial charge in [0.05, 0.1) is 4.88 Å². The molecule has 0 atom stereocenters. The summed E-state index contributed by atoms with van der Waals surface area (Å²) in [5.41, 5.74) is 0. The summed E-state index contributed by atoms with van der Waals surface area (Å²) in [5, 5.41) is 7.39. The fourth-order valence-corrected chi connectivity index (χ4v) is 2.02. The molecule has 0 aromatic carbocycles. The van der Waals surface area contributed by atoms with Gasteiger partial charge < -0.3 is 4.42 Å². The first-order valence-corrected chi connectivity index (χ1v) is 7.82. The van der Waals surface area contributed by atoms with E-state index < -0.39 is 0 Å². The van der Waals surface area contributed by atoms with E-state index in [1.54, 1.807) is 11.3 Å². The maximum Gasteiger partial charge on any atom is 0.257 e. The Balaban J connectivity index is 0.000000338. The number of hydrogen-bond acceptors (Lipinski definition) is 4. The Morgan fingerprint density at radius 1 is 1.05 bits per heavy atom. The van der Waals surface area contributed by atoms with Crippen molar-refractivity contribution in [2.45, 2.75) is 41.0 Å². The molecule has 1 aliphatic rings. The minimum atomic E-state index is 0.600. The molecular weight excluding hydrogens is 268 g/mol. The first kappa shape index (κ1) is 18.3. The molecule has 0 bridgehead atoms. The summed E-state index contributed by atoms with van der Waals surface area (Å²) in [6.45, 7) is 10.0. The second kappa shape index (κ2) is 12.4. The van der Waals surface area contributed by atoms with Crippen molar-refractivity contribution in [2.24, 2.45) is 0 Å². The second-order valence-corrected chi connectivity index (χ2v) is 4.53. The number of aromatic nitrogens is 2. The average molecular weight is 292 g/mol. The van der Waals surface area contributed by atoms with Crippen LogP contribution in [0.15, 0.2) is 47.2 Å². The van der Waals surface area contributed by atoms with E-state index in [1.165, 1.54) is 11.3 Å². The van der Waals surface area contributed by atoms with Crippen molar-refractivity contribution in [1.29, 1.82) is 0 Å². The van der Waals surface area contributed by atoms with Gasteiger partial charge in [-0.25, -0.2) is 0 Å². The van der Waals surface area contributed by atoms with Crippen molar-refractivity contribution < 1.29 is 4.42 Å². The van der Waals surface area contributed by atoms with Crippen molar-refractivity contribution in [3.8, 4) is 10.8 Å². The van der Waals surface area contributed by atoms with E-state index in [0.29, 0.717) is 5.89 Å². The molecule has 2 aromatic rings. The van der Waals surface area contributed by atoms with Gasteiger partial charge in [0.2, 0.25) is 6.39 Å². The molecule has 2 heterocycles. The predicted molar refractivity (Wildman–Crippen MR) is 87.9 cm³/mol. The topological polar surface area (TPSA) is 38.9 Å². The average Bonchev–Trinajstić information content (AvgIpc) is 3.27. The van der Waals surface area contributed by atoms with Crippen LogP contribution in [0.25, 0.3) is 10.8 Å². The molecule has 4 heteroatoms. The minimum Gasteiger partial charge on any atom is -0.423 e. The molecule has 0 saturated heterocycles. The summed E-state index contributed by atoms with van der Waals surface area (Å²) in [4.78, 5) is 2.28. The fourth-order valence-electron chi connectivity index (χ4n) is 1.22. The number of rotatable bonds is 1. The molecule has 0 unspecified atom stereocenters. The van der Waals surface area contributed by atoms with Crippen molar-refractivity contribution in [3.63, 3.8) is 0 Å². The highest BCUT2D eigenvalue weighted by Gasteiger charge is 2.04. The lowest BCUT2D eigenvalue weighted by molar-refractivity contribution is 0.570. The Hall–Kier alpha value is -1.68. The molecule has 0 amide bonds. The van der Waals surface area contributed by atoms with E-state index in [0.717, 1.165) is 11.3 Å². The van der Waals surface area contributed by atoms with Crippen molar-refractivity contribution in [3.05, 3.63) is 47.7 Å². The van der Waals surface area contributed by atoms with Crippen LogP contribution in [0, 0.1) is 6.92 Å². The van der Waals surface area contributed by atoms with E-state index >= 15 is 0 Å². The third-order valence-corrected chi connectivity index (χ3v) is 2.96. The molecule has 0 saturated carbocycles. The molecule has 0 aliphatic heterocycles. The zero-order valence-electron chi connectivity index (χ0n) is 13.0. The van der Waals surface area contributed by atoms with Crippen LogP contribution in [0.3, 0.4) is 0 Å². The Morgan fingerprint density at radius 2 is 1.70 bits per heavy atom. The van der Waals surface area contributed by atoms with Crippen molar-refractivity contribution >= 4 is 11.3 Å².